The predicted molar refractivity (Wildman–Crippen MR) is 81.7 cm³/mol. The van der Waals surface area contributed by atoms with Crippen LogP contribution in [-0.2, 0) is 17.8 Å². The maximum absolute atomic E-state index is 11.8. The fraction of sp³-hybridized carbons (Fsp3) is 0.357. The van der Waals surface area contributed by atoms with E-state index in [1.807, 2.05) is 0 Å². The van der Waals surface area contributed by atoms with Crippen LogP contribution in [0.2, 0.25) is 0 Å². The van der Waals surface area contributed by atoms with Crippen molar-refractivity contribution >= 4 is 17.7 Å². The first-order valence-electron chi connectivity index (χ1n) is 6.72. The van der Waals surface area contributed by atoms with Crippen LogP contribution in [0.1, 0.15) is 17.0 Å². The van der Waals surface area contributed by atoms with Crippen LogP contribution in [0, 0.1) is 6.92 Å². The van der Waals surface area contributed by atoms with E-state index >= 15 is 0 Å². The van der Waals surface area contributed by atoms with Gasteiger partial charge in [-0.2, -0.15) is 0 Å². The summed E-state index contributed by atoms with van der Waals surface area (Å²) in [7, 11) is 0. The molecule has 2 aromatic rings. The van der Waals surface area contributed by atoms with Crippen LogP contribution in [0.5, 0.6) is 0 Å². The Hall–Kier alpha value is -2.06. The van der Waals surface area contributed by atoms with Crippen LogP contribution in [-0.4, -0.2) is 33.3 Å². The second kappa shape index (κ2) is 7.81. The van der Waals surface area contributed by atoms with Gasteiger partial charge in [-0.1, -0.05) is 11.8 Å². The molecule has 1 amide bonds. The van der Waals surface area contributed by atoms with Gasteiger partial charge < -0.3 is 19.8 Å². The zero-order valence-electron chi connectivity index (χ0n) is 12.1. The minimum absolute atomic E-state index is 0.104. The van der Waals surface area contributed by atoms with Gasteiger partial charge in [0.1, 0.15) is 5.76 Å². The molecule has 0 bridgehead atoms. The lowest BCUT2D eigenvalue weighted by atomic mass is 10.2. The molecule has 0 saturated heterocycles. The van der Waals surface area contributed by atoms with Crippen LogP contribution in [0.25, 0.3) is 0 Å². The van der Waals surface area contributed by atoms with Crippen LogP contribution in [0.4, 0.5) is 0 Å². The first-order chi connectivity index (χ1) is 10.6. The van der Waals surface area contributed by atoms with Crippen LogP contribution >= 0.6 is 11.8 Å². The number of aromatic amines is 1. The molecule has 2 rings (SSSR count). The van der Waals surface area contributed by atoms with E-state index in [-0.39, 0.29) is 30.2 Å². The predicted octanol–water partition coefficient (Wildman–Crippen LogP) is 0.615. The highest BCUT2D eigenvalue weighted by Crippen LogP contribution is 2.12. The number of aryl methyl sites for hydroxylation is 1. The largest absolute Gasteiger partial charge is 0.467 e. The molecule has 0 radical (unpaired) electrons. The van der Waals surface area contributed by atoms with Gasteiger partial charge in [-0.3, -0.25) is 9.59 Å². The van der Waals surface area contributed by atoms with Crippen LogP contribution in [0.3, 0.4) is 0 Å². The standard InChI is InChI=1S/C14H17N3O4S/c1-9-11(4-5-18)13(20)17-14(16-9)22-8-12(19)15-7-10-3-2-6-21-10/h2-3,6,18H,4-5,7-8H2,1H3,(H,15,19)(H,16,17,20). The van der Waals surface area contributed by atoms with Gasteiger partial charge in [-0.05, 0) is 19.1 Å². The smallest absolute Gasteiger partial charge is 0.255 e. The van der Waals surface area contributed by atoms with Crippen molar-refractivity contribution in [3.63, 3.8) is 0 Å². The number of amides is 1. The number of carbonyl (C=O) groups excluding carboxylic acids is 1. The molecule has 0 saturated carbocycles. The van der Waals surface area contributed by atoms with Crippen molar-refractivity contribution in [3.05, 3.63) is 45.8 Å². The second-order valence-electron chi connectivity index (χ2n) is 4.55. The van der Waals surface area contributed by atoms with Crippen molar-refractivity contribution in [1.29, 1.82) is 0 Å². The first kappa shape index (κ1) is 16.3. The zero-order valence-corrected chi connectivity index (χ0v) is 12.9. The van der Waals surface area contributed by atoms with E-state index in [2.05, 4.69) is 15.3 Å². The number of carbonyl (C=O) groups is 1. The summed E-state index contributed by atoms with van der Waals surface area (Å²) in [5.74, 6) is 0.637. The highest BCUT2D eigenvalue weighted by Gasteiger charge is 2.10. The monoisotopic (exact) mass is 323 g/mol. The average molecular weight is 323 g/mol. The van der Waals surface area contributed by atoms with Crippen molar-refractivity contribution in [1.82, 2.24) is 15.3 Å². The average Bonchev–Trinajstić information content (AvgIpc) is 3.00. The van der Waals surface area contributed by atoms with Gasteiger partial charge >= 0.3 is 0 Å². The number of hydrogen-bond donors (Lipinski definition) is 3. The molecule has 0 aliphatic rings. The number of nitrogens with one attached hydrogen (secondary N) is 2. The topological polar surface area (TPSA) is 108 Å². The molecule has 7 nitrogen and oxygen atoms in total. The van der Waals surface area contributed by atoms with Crippen LogP contribution < -0.4 is 10.9 Å². The number of aliphatic hydroxyl groups is 1. The number of aromatic nitrogens is 2. The molecule has 0 fully saturated rings. The molecule has 0 aromatic carbocycles. The number of rotatable bonds is 7. The van der Waals surface area contributed by atoms with Gasteiger partial charge in [-0.15, -0.1) is 0 Å². The Balaban J connectivity index is 1.88. The fourth-order valence-electron chi connectivity index (χ4n) is 1.84. The molecule has 0 spiro atoms. The second-order valence-corrected chi connectivity index (χ2v) is 5.52. The fourth-order valence-corrected chi connectivity index (χ4v) is 2.58. The third-order valence-corrected chi connectivity index (χ3v) is 3.82. The van der Waals surface area contributed by atoms with Crippen molar-refractivity contribution in [2.24, 2.45) is 0 Å². The Morgan fingerprint density at radius 1 is 1.55 bits per heavy atom. The number of aliphatic hydroxyl groups excluding tert-OH is 1. The maximum atomic E-state index is 11.8. The third-order valence-electron chi connectivity index (χ3n) is 2.94. The van der Waals surface area contributed by atoms with E-state index in [0.29, 0.717) is 28.7 Å². The molecule has 0 aliphatic carbocycles. The molecule has 8 heteroatoms. The first-order valence-corrected chi connectivity index (χ1v) is 7.71. The van der Waals surface area contributed by atoms with Gasteiger partial charge in [0, 0.05) is 24.3 Å². The lowest BCUT2D eigenvalue weighted by molar-refractivity contribution is -0.118. The highest BCUT2D eigenvalue weighted by molar-refractivity contribution is 7.99. The number of H-pyrrole nitrogens is 1. The van der Waals surface area contributed by atoms with E-state index in [1.165, 1.54) is 0 Å². The molecule has 3 N–H and O–H groups in total. The molecule has 0 atom stereocenters. The Morgan fingerprint density at radius 3 is 3.00 bits per heavy atom. The molecule has 118 valence electrons. The van der Waals surface area contributed by atoms with Gasteiger partial charge in [-0.25, -0.2) is 4.98 Å². The summed E-state index contributed by atoms with van der Waals surface area (Å²) in [5.41, 5.74) is 0.755. The van der Waals surface area contributed by atoms with Gasteiger partial charge in [0.05, 0.1) is 18.6 Å². The summed E-state index contributed by atoms with van der Waals surface area (Å²) in [6, 6.07) is 3.53. The summed E-state index contributed by atoms with van der Waals surface area (Å²) in [4.78, 5) is 30.4. The molecular formula is C14H17N3O4S. The lowest BCUT2D eigenvalue weighted by Gasteiger charge is -2.06. The van der Waals surface area contributed by atoms with Crippen molar-refractivity contribution in [2.45, 2.75) is 25.0 Å². The van der Waals surface area contributed by atoms with Gasteiger partial charge in [0.2, 0.25) is 5.91 Å². The lowest BCUT2D eigenvalue weighted by Crippen LogP contribution is -2.25. The van der Waals surface area contributed by atoms with Gasteiger partial charge in [0.25, 0.3) is 5.56 Å². The molecular weight excluding hydrogens is 306 g/mol. The Kier molecular flexibility index (Phi) is 5.79. The van der Waals surface area contributed by atoms with E-state index < -0.39 is 0 Å². The van der Waals surface area contributed by atoms with Gasteiger partial charge in [0.15, 0.2) is 5.16 Å². The molecule has 2 aromatic heterocycles. The number of thioether (sulfide) groups is 1. The normalized spacial score (nSPS) is 10.6. The summed E-state index contributed by atoms with van der Waals surface area (Å²) in [6.45, 7) is 1.93. The minimum Gasteiger partial charge on any atom is -0.467 e. The Bertz CT molecular complexity index is 682. The zero-order chi connectivity index (χ0) is 15.9. The number of nitrogens with zero attached hydrogens (tertiary/aromatic N) is 1. The Labute approximate surface area is 131 Å². The van der Waals surface area contributed by atoms with E-state index in [0.717, 1.165) is 11.8 Å². The summed E-state index contributed by atoms with van der Waals surface area (Å²) in [6.07, 6.45) is 1.81. The number of hydrogen-bond acceptors (Lipinski definition) is 6. The summed E-state index contributed by atoms with van der Waals surface area (Å²) in [5, 5.41) is 12.0. The van der Waals surface area contributed by atoms with E-state index in [1.54, 1.807) is 25.3 Å². The number of furan rings is 1. The molecule has 0 aliphatic heterocycles. The Morgan fingerprint density at radius 2 is 2.36 bits per heavy atom. The van der Waals surface area contributed by atoms with E-state index in [4.69, 9.17) is 9.52 Å². The summed E-state index contributed by atoms with van der Waals surface area (Å²) < 4.78 is 5.11. The quantitative estimate of drug-likeness (QED) is 0.509. The maximum Gasteiger partial charge on any atom is 0.255 e. The summed E-state index contributed by atoms with van der Waals surface area (Å²) >= 11 is 1.15. The molecule has 2 heterocycles. The van der Waals surface area contributed by atoms with E-state index in [9.17, 15) is 9.59 Å². The van der Waals surface area contributed by atoms with Crippen molar-refractivity contribution in [2.75, 3.05) is 12.4 Å². The highest BCUT2D eigenvalue weighted by atomic mass is 32.2. The SMILES string of the molecule is Cc1nc(SCC(=O)NCc2ccco2)[nH]c(=O)c1CCO. The van der Waals surface area contributed by atoms with Crippen LogP contribution in [0.15, 0.2) is 32.8 Å². The minimum atomic E-state index is -0.278. The van der Waals surface area contributed by atoms with Crippen molar-refractivity contribution < 1.29 is 14.3 Å². The molecule has 22 heavy (non-hydrogen) atoms. The van der Waals surface area contributed by atoms with Crippen molar-refractivity contribution in [3.8, 4) is 0 Å². The third kappa shape index (κ3) is 4.47. The molecule has 0 unspecified atom stereocenters.